The number of nitrogens with one attached hydrogen (secondary N) is 1. The van der Waals surface area contributed by atoms with Crippen LogP contribution in [0.5, 0.6) is 0 Å². The molecule has 1 aliphatic carbocycles. The summed E-state index contributed by atoms with van der Waals surface area (Å²) in [6.45, 7) is 0.512. The van der Waals surface area contributed by atoms with Crippen molar-refractivity contribution in [1.29, 1.82) is 0 Å². The molecule has 2 aliphatic rings. The lowest BCUT2D eigenvalue weighted by molar-refractivity contribution is -0.141. The molecule has 1 atom stereocenters. The van der Waals surface area contributed by atoms with Gasteiger partial charge in [-0.2, -0.15) is 5.10 Å². The van der Waals surface area contributed by atoms with Crippen LogP contribution in [0.1, 0.15) is 41.8 Å². The van der Waals surface area contributed by atoms with E-state index in [4.69, 9.17) is 4.84 Å². The Kier molecular flexibility index (Phi) is 4.73. The molecule has 1 amide bonds. The molecular formula is C20H24N4O2. The van der Waals surface area contributed by atoms with Gasteiger partial charge in [0.1, 0.15) is 0 Å². The SMILES string of the molecule is CN(Cc1n[nH]c2c1CCCC2)C(=O)C1CC(Cc2ccccc2)=NO1. The minimum Gasteiger partial charge on any atom is -0.382 e. The fourth-order valence-corrected chi connectivity index (χ4v) is 3.72. The van der Waals surface area contributed by atoms with E-state index < -0.39 is 6.10 Å². The van der Waals surface area contributed by atoms with Crippen molar-refractivity contribution < 1.29 is 9.63 Å². The lowest BCUT2D eigenvalue weighted by atomic mass is 9.96. The Balaban J connectivity index is 1.34. The molecule has 1 aliphatic heterocycles. The molecule has 0 saturated carbocycles. The Bertz CT molecular complexity index is 812. The number of aromatic nitrogens is 2. The van der Waals surface area contributed by atoms with Crippen molar-refractivity contribution in [3.63, 3.8) is 0 Å². The molecular weight excluding hydrogens is 328 g/mol. The molecule has 0 bridgehead atoms. The molecule has 136 valence electrons. The number of carbonyl (C=O) groups is 1. The minimum absolute atomic E-state index is 0.0376. The fourth-order valence-electron chi connectivity index (χ4n) is 3.72. The van der Waals surface area contributed by atoms with Crippen LogP contribution >= 0.6 is 0 Å². The van der Waals surface area contributed by atoms with Crippen LogP contribution in [0.4, 0.5) is 0 Å². The van der Waals surface area contributed by atoms with Gasteiger partial charge in [0.25, 0.3) is 5.91 Å². The lowest BCUT2D eigenvalue weighted by Crippen LogP contribution is -2.36. The van der Waals surface area contributed by atoms with E-state index in [0.29, 0.717) is 13.0 Å². The van der Waals surface area contributed by atoms with Crippen molar-refractivity contribution in [3.05, 3.63) is 52.8 Å². The first-order valence-corrected chi connectivity index (χ1v) is 9.26. The van der Waals surface area contributed by atoms with E-state index in [0.717, 1.165) is 30.7 Å². The molecule has 1 unspecified atom stereocenters. The van der Waals surface area contributed by atoms with E-state index in [-0.39, 0.29) is 5.91 Å². The predicted molar refractivity (Wildman–Crippen MR) is 98.8 cm³/mol. The summed E-state index contributed by atoms with van der Waals surface area (Å²) in [7, 11) is 1.81. The van der Waals surface area contributed by atoms with Crippen LogP contribution in [0, 0.1) is 0 Å². The van der Waals surface area contributed by atoms with E-state index in [1.54, 1.807) is 4.90 Å². The standard InChI is InChI=1S/C20H24N4O2/c1-24(13-18-16-9-5-6-10-17(16)21-22-18)20(25)19-12-15(23-26-19)11-14-7-3-2-4-8-14/h2-4,7-8,19H,5-6,9-13H2,1H3,(H,21,22). The number of amides is 1. The smallest absolute Gasteiger partial charge is 0.266 e. The number of rotatable bonds is 5. The number of hydrogen-bond acceptors (Lipinski definition) is 4. The average molecular weight is 352 g/mol. The van der Waals surface area contributed by atoms with E-state index in [1.165, 1.54) is 29.7 Å². The summed E-state index contributed by atoms with van der Waals surface area (Å²) < 4.78 is 0. The zero-order valence-corrected chi connectivity index (χ0v) is 15.1. The zero-order chi connectivity index (χ0) is 17.9. The second-order valence-corrected chi connectivity index (χ2v) is 7.15. The van der Waals surface area contributed by atoms with Gasteiger partial charge in [0, 0.05) is 25.6 Å². The maximum Gasteiger partial charge on any atom is 0.266 e. The van der Waals surface area contributed by atoms with Gasteiger partial charge in [0.2, 0.25) is 6.10 Å². The summed E-state index contributed by atoms with van der Waals surface area (Å²) in [6.07, 6.45) is 5.27. The number of hydrogen-bond donors (Lipinski definition) is 1. The van der Waals surface area contributed by atoms with E-state index >= 15 is 0 Å². The number of aromatic amines is 1. The second-order valence-electron chi connectivity index (χ2n) is 7.15. The fraction of sp³-hybridized carbons (Fsp3) is 0.450. The highest BCUT2D eigenvalue weighted by Gasteiger charge is 2.31. The number of fused-ring (bicyclic) bond motifs is 1. The maximum absolute atomic E-state index is 12.7. The van der Waals surface area contributed by atoms with Gasteiger partial charge in [0.15, 0.2) is 0 Å². The Morgan fingerprint density at radius 1 is 1.27 bits per heavy atom. The largest absolute Gasteiger partial charge is 0.382 e. The van der Waals surface area contributed by atoms with Crippen LogP contribution in [-0.4, -0.2) is 39.9 Å². The van der Waals surface area contributed by atoms with E-state index in [9.17, 15) is 4.79 Å². The normalized spacial score (nSPS) is 18.8. The quantitative estimate of drug-likeness (QED) is 0.899. The molecule has 0 fully saturated rings. The van der Waals surface area contributed by atoms with Crippen molar-refractivity contribution in [1.82, 2.24) is 15.1 Å². The van der Waals surface area contributed by atoms with Crippen molar-refractivity contribution in [2.75, 3.05) is 7.05 Å². The van der Waals surface area contributed by atoms with E-state index in [1.807, 2.05) is 25.2 Å². The first-order valence-electron chi connectivity index (χ1n) is 9.26. The van der Waals surface area contributed by atoms with Gasteiger partial charge in [0.05, 0.1) is 18.0 Å². The summed E-state index contributed by atoms with van der Waals surface area (Å²) in [4.78, 5) is 19.9. The summed E-state index contributed by atoms with van der Waals surface area (Å²) in [5.41, 5.74) is 5.61. The van der Waals surface area contributed by atoms with Crippen LogP contribution in [-0.2, 0) is 35.4 Å². The number of aryl methyl sites for hydroxylation is 1. The summed E-state index contributed by atoms with van der Waals surface area (Å²) >= 11 is 0. The number of oxime groups is 1. The van der Waals surface area contributed by atoms with Crippen LogP contribution in [0.15, 0.2) is 35.5 Å². The predicted octanol–water partition coefficient (Wildman–Crippen LogP) is 2.63. The second kappa shape index (κ2) is 7.32. The molecule has 4 rings (SSSR count). The van der Waals surface area contributed by atoms with Gasteiger partial charge in [-0.3, -0.25) is 9.89 Å². The lowest BCUT2D eigenvalue weighted by Gasteiger charge is -2.20. The molecule has 1 aromatic carbocycles. The number of nitrogens with zero attached hydrogens (tertiary/aromatic N) is 3. The molecule has 2 aromatic rings. The molecule has 26 heavy (non-hydrogen) atoms. The van der Waals surface area contributed by atoms with Crippen LogP contribution in [0.25, 0.3) is 0 Å². The molecule has 6 heteroatoms. The number of carbonyl (C=O) groups excluding carboxylic acids is 1. The van der Waals surface area contributed by atoms with E-state index in [2.05, 4.69) is 27.5 Å². The number of benzene rings is 1. The Hall–Kier alpha value is -2.63. The van der Waals surface area contributed by atoms with Crippen molar-refractivity contribution in [3.8, 4) is 0 Å². The summed E-state index contributed by atoms with van der Waals surface area (Å²) in [5.74, 6) is -0.0376. The first-order chi connectivity index (χ1) is 12.7. The first kappa shape index (κ1) is 16.8. The Morgan fingerprint density at radius 2 is 2.08 bits per heavy atom. The van der Waals surface area contributed by atoms with Gasteiger partial charge >= 0.3 is 0 Å². The molecule has 1 aromatic heterocycles. The molecule has 0 spiro atoms. The van der Waals surface area contributed by atoms with Gasteiger partial charge in [-0.05, 0) is 36.8 Å². The molecule has 2 heterocycles. The third-order valence-electron chi connectivity index (χ3n) is 5.16. The van der Waals surface area contributed by atoms with Crippen LogP contribution in [0.2, 0.25) is 0 Å². The van der Waals surface area contributed by atoms with Gasteiger partial charge < -0.3 is 9.74 Å². The molecule has 1 N–H and O–H groups in total. The van der Waals surface area contributed by atoms with Crippen LogP contribution < -0.4 is 0 Å². The molecule has 0 saturated heterocycles. The van der Waals surface area contributed by atoms with Gasteiger partial charge in [-0.15, -0.1) is 0 Å². The van der Waals surface area contributed by atoms with Gasteiger partial charge in [-0.1, -0.05) is 35.5 Å². The zero-order valence-electron chi connectivity index (χ0n) is 15.1. The Labute approximate surface area is 153 Å². The molecule has 0 radical (unpaired) electrons. The maximum atomic E-state index is 12.7. The highest BCUT2D eigenvalue weighted by atomic mass is 16.6. The Morgan fingerprint density at radius 3 is 2.92 bits per heavy atom. The number of H-pyrrole nitrogens is 1. The summed E-state index contributed by atoms with van der Waals surface area (Å²) in [6, 6.07) is 10.1. The van der Waals surface area contributed by atoms with Gasteiger partial charge in [-0.25, -0.2) is 0 Å². The monoisotopic (exact) mass is 352 g/mol. The topological polar surface area (TPSA) is 70.6 Å². The highest BCUT2D eigenvalue weighted by molar-refractivity contribution is 5.93. The average Bonchev–Trinajstić information content (AvgIpc) is 3.29. The summed E-state index contributed by atoms with van der Waals surface area (Å²) in [5, 5.41) is 11.7. The van der Waals surface area contributed by atoms with Crippen LogP contribution in [0.3, 0.4) is 0 Å². The highest BCUT2D eigenvalue weighted by Crippen LogP contribution is 2.23. The third-order valence-corrected chi connectivity index (χ3v) is 5.16. The molecule has 6 nitrogen and oxygen atoms in total. The minimum atomic E-state index is -0.520. The third kappa shape index (κ3) is 3.49. The van der Waals surface area contributed by atoms with Crippen molar-refractivity contribution >= 4 is 11.6 Å². The number of likely N-dealkylation sites (N-methyl/N-ethyl adjacent to an activating group) is 1. The van der Waals surface area contributed by atoms with Crippen molar-refractivity contribution in [2.24, 2.45) is 5.16 Å². The van der Waals surface area contributed by atoms with Crippen molar-refractivity contribution in [2.45, 2.75) is 51.2 Å².